The molecule has 1 heterocycles. The smallest absolute Gasteiger partial charge is 0.277 e. The maximum absolute atomic E-state index is 12.0. The van der Waals surface area contributed by atoms with E-state index < -0.39 is 10.8 Å². The van der Waals surface area contributed by atoms with Crippen LogP contribution in [0.1, 0.15) is 5.76 Å². The van der Waals surface area contributed by atoms with Gasteiger partial charge in [0.05, 0.1) is 16.2 Å². The van der Waals surface area contributed by atoms with Crippen molar-refractivity contribution in [1.29, 1.82) is 0 Å². The van der Waals surface area contributed by atoms with E-state index in [0.29, 0.717) is 27.9 Å². The summed E-state index contributed by atoms with van der Waals surface area (Å²) < 4.78 is 11.1. The molecule has 1 N–H and O–H groups in total. The van der Waals surface area contributed by atoms with E-state index in [0.717, 1.165) is 11.1 Å². The van der Waals surface area contributed by atoms with Gasteiger partial charge in [-0.05, 0) is 41.5 Å². The maximum Gasteiger partial charge on any atom is 0.277 e. The van der Waals surface area contributed by atoms with E-state index in [9.17, 15) is 14.9 Å². The van der Waals surface area contributed by atoms with Crippen LogP contribution in [0.25, 0.3) is 22.5 Å². The molecule has 0 radical (unpaired) electrons. The van der Waals surface area contributed by atoms with Crippen molar-refractivity contribution in [3.8, 4) is 28.2 Å². The minimum Gasteiger partial charge on any atom is -0.484 e. The highest BCUT2D eigenvalue weighted by atomic mass is 35.5. The first-order chi connectivity index (χ1) is 16.5. The van der Waals surface area contributed by atoms with Crippen molar-refractivity contribution in [3.63, 3.8) is 0 Å². The van der Waals surface area contributed by atoms with Crippen molar-refractivity contribution < 1.29 is 18.9 Å². The third-order valence-electron chi connectivity index (χ3n) is 4.77. The van der Waals surface area contributed by atoms with E-state index in [1.807, 2.05) is 42.5 Å². The highest BCUT2D eigenvalue weighted by Gasteiger charge is 2.14. The Bertz CT molecular complexity index is 1330. The first kappa shape index (κ1) is 22.8. The van der Waals surface area contributed by atoms with E-state index in [1.54, 1.807) is 24.3 Å². The molecule has 0 saturated heterocycles. The lowest BCUT2D eigenvalue weighted by atomic mass is 10.1. The first-order valence-electron chi connectivity index (χ1n) is 10.1. The molecule has 4 rings (SSSR count). The van der Waals surface area contributed by atoms with Gasteiger partial charge in [0, 0.05) is 17.7 Å². The second-order valence-electron chi connectivity index (χ2n) is 7.10. The number of hydrogen-bond acceptors (Lipinski definition) is 6. The molecule has 0 bridgehead atoms. The van der Waals surface area contributed by atoms with Crippen LogP contribution >= 0.6 is 11.6 Å². The summed E-state index contributed by atoms with van der Waals surface area (Å²) in [5.41, 5.74) is 4.77. The predicted molar refractivity (Wildman–Crippen MR) is 129 cm³/mol. The Morgan fingerprint density at radius 2 is 1.76 bits per heavy atom. The average Bonchev–Trinajstić information content (AvgIpc) is 3.32. The lowest BCUT2D eigenvalue weighted by molar-refractivity contribution is -0.384. The van der Waals surface area contributed by atoms with Crippen LogP contribution < -0.4 is 10.2 Å². The number of rotatable bonds is 8. The molecule has 0 saturated carbocycles. The van der Waals surface area contributed by atoms with Gasteiger partial charge < -0.3 is 9.15 Å². The zero-order chi connectivity index (χ0) is 23.9. The Labute approximate surface area is 199 Å². The number of nitro groups is 1. The molecule has 0 aliphatic heterocycles. The lowest BCUT2D eigenvalue weighted by Gasteiger charge is -2.06. The van der Waals surface area contributed by atoms with Gasteiger partial charge in [-0.15, -0.1) is 0 Å². The zero-order valence-corrected chi connectivity index (χ0v) is 18.4. The Balaban J connectivity index is 1.30. The van der Waals surface area contributed by atoms with Crippen molar-refractivity contribution in [3.05, 3.63) is 106 Å². The minimum absolute atomic E-state index is 0.104. The number of carbonyl (C=O) groups is 1. The van der Waals surface area contributed by atoms with E-state index in [2.05, 4.69) is 10.5 Å². The normalized spacial score (nSPS) is 10.9. The summed E-state index contributed by atoms with van der Waals surface area (Å²) in [6, 6.07) is 24.6. The van der Waals surface area contributed by atoms with Crippen molar-refractivity contribution in [2.24, 2.45) is 5.10 Å². The fourth-order valence-electron chi connectivity index (χ4n) is 3.11. The van der Waals surface area contributed by atoms with Gasteiger partial charge in [0.25, 0.3) is 11.6 Å². The van der Waals surface area contributed by atoms with Gasteiger partial charge >= 0.3 is 0 Å². The van der Waals surface area contributed by atoms with Gasteiger partial charge in [-0.3, -0.25) is 14.9 Å². The van der Waals surface area contributed by atoms with Crippen LogP contribution in [0.4, 0.5) is 5.69 Å². The van der Waals surface area contributed by atoms with Gasteiger partial charge in [0.15, 0.2) is 6.61 Å². The Hall–Kier alpha value is -4.43. The average molecular weight is 476 g/mol. The molecule has 34 heavy (non-hydrogen) atoms. The van der Waals surface area contributed by atoms with Crippen LogP contribution in [-0.2, 0) is 4.79 Å². The van der Waals surface area contributed by atoms with Gasteiger partial charge in [0.2, 0.25) is 0 Å². The number of hydrazone groups is 1. The van der Waals surface area contributed by atoms with Gasteiger partial charge in [-0.25, -0.2) is 5.43 Å². The second kappa shape index (κ2) is 10.5. The number of hydrogen-bond donors (Lipinski definition) is 1. The topological polar surface area (TPSA) is 107 Å². The summed E-state index contributed by atoms with van der Waals surface area (Å²) in [7, 11) is 0. The summed E-state index contributed by atoms with van der Waals surface area (Å²) in [4.78, 5) is 22.5. The quantitative estimate of drug-likeness (QED) is 0.200. The fourth-order valence-corrected chi connectivity index (χ4v) is 3.32. The largest absolute Gasteiger partial charge is 0.484 e. The van der Waals surface area contributed by atoms with Crippen LogP contribution in [0.2, 0.25) is 5.02 Å². The fraction of sp³-hybridized carbons (Fsp3) is 0.0400. The van der Waals surface area contributed by atoms with E-state index >= 15 is 0 Å². The van der Waals surface area contributed by atoms with E-state index in [-0.39, 0.29) is 12.3 Å². The summed E-state index contributed by atoms with van der Waals surface area (Å²) in [5, 5.41) is 15.1. The third kappa shape index (κ3) is 5.67. The summed E-state index contributed by atoms with van der Waals surface area (Å²) >= 11 is 6.13. The van der Waals surface area contributed by atoms with Crippen LogP contribution in [0.3, 0.4) is 0 Å². The monoisotopic (exact) mass is 475 g/mol. The number of ether oxygens (including phenoxy) is 1. The molecular formula is C25H18ClN3O5. The van der Waals surface area contributed by atoms with Gasteiger partial charge in [0.1, 0.15) is 17.3 Å². The number of nitrogens with zero attached hydrogens (tertiary/aromatic N) is 2. The highest BCUT2D eigenvalue weighted by Crippen LogP contribution is 2.32. The highest BCUT2D eigenvalue weighted by molar-refractivity contribution is 6.33. The molecule has 0 aliphatic rings. The second-order valence-corrected chi connectivity index (χ2v) is 7.50. The molecule has 3 aromatic carbocycles. The van der Waals surface area contributed by atoms with Crippen LogP contribution in [0, 0.1) is 10.1 Å². The summed E-state index contributed by atoms with van der Waals surface area (Å²) in [6.45, 7) is -0.214. The number of nitrogens with one attached hydrogen (secondary N) is 1. The van der Waals surface area contributed by atoms with E-state index in [1.165, 1.54) is 24.4 Å². The molecule has 170 valence electrons. The molecule has 0 unspecified atom stereocenters. The zero-order valence-electron chi connectivity index (χ0n) is 17.7. The maximum atomic E-state index is 12.0. The number of furan rings is 1. The molecule has 0 aliphatic carbocycles. The molecule has 4 aromatic rings. The summed E-state index contributed by atoms with van der Waals surface area (Å²) in [5.74, 6) is 0.777. The molecular weight excluding hydrogens is 458 g/mol. The van der Waals surface area contributed by atoms with Crippen molar-refractivity contribution in [2.45, 2.75) is 0 Å². The number of non-ortho nitro benzene ring substituents is 1. The van der Waals surface area contributed by atoms with Crippen LogP contribution in [-0.4, -0.2) is 23.7 Å². The molecule has 9 heteroatoms. The Morgan fingerprint density at radius 3 is 2.50 bits per heavy atom. The molecule has 1 amide bonds. The standard InChI is InChI=1S/C25H18ClN3O5/c26-23-12-8-19(29(31)32)14-22(23)24-13-11-21(34-24)15-27-28-25(30)16-33-20-9-6-18(7-10-20)17-4-2-1-3-5-17/h1-15H,16H2,(H,28,30)/b27-15-. The Kier molecular flexibility index (Phi) is 7.00. The predicted octanol–water partition coefficient (Wildman–Crippen LogP) is 5.70. The third-order valence-corrected chi connectivity index (χ3v) is 5.10. The molecule has 0 atom stereocenters. The molecule has 0 fully saturated rings. The molecule has 1 aromatic heterocycles. The Morgan fingerprint density at radius 1 is 1.03 bits per heavy atom. The van der Waals surface area contributed by atoms with Crippen LogP contribution in [0.5, 0.6) is 5.75 Å². The summed E-state index contributed by atoms with van der Waals surface area (Å²) in [6.07, 6.45) is 1.31. The molecule has 8 nitrogen and oxygen atoms in total. The number of nitro benzene ring substituents is 1. The van der Waals surface area contributed by atoms with Crippen LogP contribution in [0.15, 0.2) is 94.4 Å². The van der Waals surface area contributed by atoms with Crippen molar-refractivity contribution in [1.82, 2.24) is 5.43 Å². The van der Waals surface area contributed by atoms with Gasteiger partial charge in [-0.1, -0.05) is 54.1 Å². The van der Waals surface area contributed by atoms with Crippen molar-refractivity contribution in [2.75, 3.05) is 6.61 Å². The number of carbonyl (C=O) groups excluding carboxylic acids is 1. The number of amides is 1. The number of benzene rings is 3. The molecule has 0 spiro atoms. The van der Waals surface area contributed by atoms with E-state index in [4.69, 9.17) is 20.8 Å². The SMILES string of the molecule is O=C(COc1ccc(-c2ccccc2)cc1)N/N=C\c1ccc(-c2cc([N+](=O)[O-])ccc2Cl)o1. The lowest BCUT2D eigenvalue weighted by Crippen LogP contribution is -2.24. The minimum atomic E-state index is -0.514. The number of halogens is 1. The first-order valence-corrected chi connectivity index (χ1v) is 10.5. The van der Waals surface area contributed by atoms with Gasteiger partial charge in [-0.2, -0.15) is 5.10 Å². The van der Waals surface area contributed by atoms with Crippen molar-refractivity contribution >= 4 is 29.4 Å².